The minimum atomic E-state index is -0.279. The van der Waals surface area contributed by atoms with Crippen LogP contribution in [-0.2, 0) is 0 Å². The fraction of sp³-hybridized carbons (Fsp3) is 0.111. The third-order valence-corrected chi connectivity index (χ3v) is 3.84. The number of hydrogen-bond acceptors (Lipinski definition) is 6. The molecule has 0 saturated heterocycles. The third-order valence-electron chi connectivity index (χ3n) is 3.64. The Morgan fingerprint density at radius 1 is 1.12 bits per heavy atom. The number of rotatable bonds is 5. The molecule has 132 valence electrons. The van der Waals surface area contributed by atoms with Crippen molar-refractivity contribution in [3.63, 3.8) is 0 Å². The van der Waals surface area contributed by atoms with Crippen LogP contribution >= 0.6 is 11.6 Å². The highest BCUT2D eigenvalue weighted by molar-refractivity contribution is 6.29. The second kappa shape index (κ2) is 7.79. The molecule has 0 unspecified atom stereocenters. The topological polar surface area (TPSA) is 89.0 Å². The van der Waals surface area contributed by atoms with E-state index in [1.807, 2.05) is 18.2 Å². The molecule has 2 N–H and O–H groups in total. The molecule has 2 heterocycles. The average Bonchev–Trinajstić information content (AvgIpc) is 2.68. The molecule has 0 aliphatic heterocycles. The summed E-state index contributed by atoms with van der Waals surface area (Å²) < 4.78 is 5.57. The molecule has 1 aromatic carbocycles. The van der Waals surface area contributed by atoms with Crippen LogP contribution in [0.5, 0.6) is 5.75 Å². The number of anilines is 2. The zero-order valence-electron chi connectivity index (χ0n) is 14.2. The molecule has 0 aliphatic carbocycles. The molecule has 26 heavy (non-hydrogen) atoms. The molecule has 8 heteroatoms. The summed E-state index contributed by atoms with van der Waals surface area (Å²) >= 11 is 6.00. The Morgan fingerprint density at radius 3 is 2.58 bits per heavy atom. The number of nitrogens with one attached hydrogen (secondary N) is 2. The van der Waals surface area contributed by atoms with E-state index in [1.54, 1.807) is 38.7 Å². The lowest BCUT2D eigenvalue weighted by atomic mass is 10.1. The molecular formula is C18H16ClN5O2. The number of amides is 1. The van der Waals surface area contributed by atoms with Crippen molar-refractivity contribution in [1.29, 1.82) is 0 Å². The van der Waals surface area contributed by atoms with Gasteiger partial charge in [-0.25, -0.2) is 15.0 Å². The van der Waals surface area contributed by atoms with Crippen LogP contribution in [0.4, 0.5) is 11.4 Å². The van der Waals surface area contributed by atoms with Crippen LogP contribution < -0.4 is 15.4 Å². The van der Waals surface area contributed by atoms with Gasteiger partial charge in [-0.2, -0.15) is 0 Å². The first-order valence-corrected chi connectivity index (χ1v) is 8.11. The zero-order chi connectivity index (χ0) is 18.5. The lowest BCUT2D eigenvalue weighted by Crippen LogP contribution is -2.19. The van der Waals surface area contributed by atoms with E-state index in [-0.39, 0.29) is 11.1 Å². The second-order valence-corrected chi connectivity index (χ2v) is 5.60. The van der Waals surface area contributed by atoms with E-state index in [0.29, 0.717) is 28.5 Å². The van der Waals surface area contributed by atoms with Crippen molar-refractivity contribution < 1.29 is 9.53 Å². The molecule has 0 saturated carbocycles. The number of aromatic nitrogens is 3. The van der Waals surface area contributed by atoms with E-state index in [1.165, 1.54) is 6.20 Å². The molecule has 0 radical (unpaired) electrons. The zero-order valence-corrected chi connectivity index (χ0v) is 14.9. The van der Waals surface area contributed by atoms with Crippen molar-refractivity contribution in [3.05, 3.63) is 59.6 Å². The van der Waals surface area contributed by atoms with Crippen LogP contribution in [0.1, 0.15) is 10.4 Å². The fourth-order valence-corrected chi connectivity index (χ4v) is 2.62. The maximum atomic E-state index is 12.1. The van der Waals surface area contributed by atoms with E-state index >= 15 is 0 Å². The van der Waals surface area contributed by atoms with Crippen molar-refractivity contribution in [3.8, 4) is 17.1 Å². The molecule has 0 atom stereocenters. The van der Waals surface area contributed by atoms with Gasteiger partial charge in [-0.1, -0.05) is 17.7 Å². The summed E-state index contributed by atoms with van der Waals surface area (Å²) in [5.74, 6) is 0.806. The molecule has 0 bridgehead atoms. The van der Waals surface area contributed by atoms with Gasteiger partial charge >= 0.3 is 0 Å². The standard InChI is InChI=1S/C18H16ClN5O2/c1-20-18(25)12-10-23-15(19)9-14(12)24-13-6-3-5-11(16(13)26-2)17-21-7-4-8-22-17/h3-10H,1-2H3,(H,20,25)(H,23,24). The largest absolute Gasteiger partial charge is 0.494 e. The van der Waals surface area contributed by atoms with Crippen molar-refractivity contribution in [2.24, 2.45) is 0 Å². The minimum absolute atomic E-state index is 0.265. The highest BCUT2D eigenvalue weighted by Gasteiger charge is 2.16. The van der Waals surface area contributed by atoms with Gasteiger partial charge < -0.3 is 15.4 Å². The summed E-state index contributed by atoms with van der Waals surface area (Å²) in [5, 5.41) is 6.04. The summed E-state index contributed by atoms with van der Waals surface area (Å²) in [6, 6.07) is 8.86. The van der Waals surface area contributed by atoms with Crippen LogP contribution in [0.2, 0.25) is 5.15 Å². The number of hydrogen-bond donors (Lipinski definition) is 2. The minimum Gasteiger partial charge on any atom is -0.494 e. The van der Waals surface area contributed by atoms with Crippen LogP contribution in [0, 0.1) is 0 Å². The number of carbonyl (C=O) groups excluding carboxylic acids is 1. The molecule has 0 spiro atoms. The number of pyridine rings is 1. The Morgan fingerprint density at radius 2 is 1.88 bits per heavy atom. The van der Waals surface area contributed by atoms with Gasteiger partial charge in [-0.05, 0) is 24.3 Å². The monoisotopic (exact) mass is 369 g/mol. The summed E-state index contributed by atoms with van der Waals surface area (Å²) in [5.41, 5.74) is 2.23. The van der Waals surface area contributed by atoms with Crippen LogP contribution in [0.3, 0.4) is 0 Å². The third kappa shape index (κ3) is 3.57. The number of carbonyl (C=O) groups is 1. The summed E-state index contributed by atoms with van der Waals surface area (Å²) in [7, 11) is 3.11. The summed E-state index contributed by atoms with van der Waals surface area (Å²) in [6.45, 7) is 0. The van der Waals surface area contributed by atoms with Gasteiger partial charge in [0, 0.05) is 25.6 Å². The van der Waals surface area contributed by atoms with Crippen molar-refractivity contribution in [2.45, 2.75) is 0 Å². The fourth-order valence-electron chi connectivity index (χ4n) is 2.46. The molecule has 0 fully saturated rings. The molecule has 2 aromatic heterocycles. The van der Waals surface area contributed by atoms with E-state index in [2.05, 4.69) is 25.6 Å². The highest BCUT2D eigenvalue weighted by atomic mass is 35.5. The van der Waals surface area contributed by atoms with Crippen molar-refractivity contribution in [2.75, 3.05) is 19.5 Å². The van der Waals surface area contributed by atoms with Crippen molar-refractivity contribution >= 4 is 28.9 Å². The first kappa shape index (κ1) is 17.6. The first-order valence-electron chi connectivity index (χ1n) is 7.73. The lowest BCUT2D eigenvalue weighted by Gasteiger charge is -2.16. The summed E-state index contributed by atoms with van der Waals surface area (Å²) in [6.07, 6.45) is 4.74. The number of methoxy groups -OCH3 is 1. The SMILES string of the molecule is CNC(=O)c1cnc(Cl)cc1Nc1cccc(-c2ncccn2)c1OC. The van der Waals surface area contributed by atoms with Gasteiger partial charge in [0.15, 0.2) is 11.6 Å². The quantitative estimate of drug-likeness (QED) is 0.671. The van der Waals surface area contributed by atoms with E-state index in [0.717, 1.165) is 5.56 Å². The number of benzene rings is 1. The second-order valence-electron chi connectivity index (χ2n) is 5.22. The van der Waals surface area contributed by atoms with Crippen LogP contribution in [0.25, 0.3) is 11.4 Å². The van der Waals surface area contributed by atoms with Gasteiger partial charge in [0.05, 0.1) is 29.6 Å². The summed E-state index contributed by atoms with van der Waals surface area (Å²) in [4.78, 5) is 24.6. The number of ether oxygens (including phenoxy) is 1. The Bertz CT molecular complexity index is 934. The van der Waals surface area contributed by atoms with Crippen LogP contribution in [-0.4, -0.2) is 35.0 Å². The maximum absolute atomic E-state index is 12.1. The van der Waals surface area contributed by atoms with E-state index < -0.39 is 0 Å². The Balaban J connectivity index is 2.07. The normalized spacial score (nSPS) is 10.3. The predicted octanol–water partition coefficient (Wildman–Crippen LogP) is 3.30. The Hall–Kier alpha value is -3.19. The predicted molar refractivity (Wildman–Crippen MR) is 99.9 cm³/mol. The number of para-hydroxylation sites is 1. The lowest BCUT2D eigenvalue weighted by molar-refractivity contribution is 0.0963. The maximum Gasteiger partial charge on any atom is 0.254 e. The average molecular weight is 370 g/mol. The highest BCUT2D eigenvalue weighted by Crippen LogP contribution is 2.37. The van der Waals surface area contributed by atoms with Gasteiger partial charge in [-0.15, -0.1) is 0 Å². The first-order chi connectivity index (χ1) is 12.6. The van der Waals surface area contributed by atoms with Gasteiger partial charge in [0.1, 0.15) is 5.15 Å². The smallest absolute Gasteiger partial charge is 0.254 e. The van der Waals surface area contributed by atoms with Crippen molar-refractivity contribution in [1.82, 2.24) is 20.3 Å². The van der Waals surface area contributed by atoms with Crippen LogP contribution in [0.15, 0.2) is 48.9 Å². The molecule has 3 rings (SSSR count). The molecule has 1 amide bonds. The van der Waals surface area contributed by atoms with Gasteiger partial charge in [0.2, 0.25) is 0 Å². The van der Waals surface area contributed by atoms with E-state index in [4.69, 9.17) is 16.3 Å². The molecule has 3 aromatic rings. The van der Waals surface area contributed by atoms with E-state index in [9.17, 15) is 4.79 Å². The van der Waals surface area contributed by atoms with Gasteiger partial charge in [0.25, 0.3) is 5.91 Å². The molecule has 0 aliphatic rings. The Labute approximate surface area is 155 Å². The number of nitrogens with zero attached hydrogens (tertiary/aromatic N) is 3. The molecular weight excluding hydrogens is 354 g/mol. The number of halogens is 1. The van der Waals surface area contributed by atoms with Gasteiger partial charge in [-0.3, -0.25) is 4.79 Å². The Kier molecular flexibility index (Phi) is 5.28. The molecule has 7 nitrogen and oxygen atoms in total.